The van der Waals surface area contributed by atoms with Crippen molar-refractivity contribution < 1.29 is 9.90 Å². The Morgan fingerprint density at radius 1 is 1.17 bits per heavy atom. The van der Waals surface area contributed by atoms with Gasteiger partial charge < -0.3 is 21.1 Å². The molecule has 1 aromatic rings. The van der Waals surface area contributed by atoms with Crippen LogP contribution < -0.4 is 16.0 Å². The summed E-state index contributed by atoms with van der Waals surface area (Å²) >= 11 is 0. The first kappa shape index (κ1) is 25.0. The van der Waals surface area contributed by atoms with Crippen LogP contribution in [-0.2, 0) is 6.54 Å². The van der Waals surface area contributed by atoms with E-state index in [4.69, 9.17) is 4.99 Å². The molecule has 0 saturated carbocycles. The molecule has 1 rings (SSSR count). The molecule has 0 aromatic heterocycles. The van der Waals surface area contributed by atoms with E-state index in [-0.39, 0.29) is 24.0 Å². The van der Waals surface area contributed by atoms with Crippen LogP contribution in [0.25, 0.3) is 0 Å². The van der Waals surface area contributed by atoms with Gasteiger partial charge in [-0.1, -0.05) is 32.9 Å². The molecule has 164 valence electrons. The van der Waals surface area contributed by atoms with Crippen molar-refractivity contribution in [2.24, 2.45) is 10.4 Å². The van der Waals surface area contributed by atoms with Crippen molar-refractivity contribution in [2.75, 3.05) is 19.7 Å². The van der Waals surface area contributed by atoms with Crippen LogP contribution in [0.5, 0.6) is 0 Å². The van der Waals surface area contributed by atoms with E-state index < -0.39 is 0 Å². The molecule has 0 aliphatic carbocycles. The molecular weight excluding hydrogens is 364 g/mol. The summed E-state index contributed by atoms with van der Waals surface area (Å²) < 4.78 is 0. The number of carbonyl (C=O) groups is 1. The SMILES string of the molecule is CCNC(=NCc1cccc(C(=O)NC(C)CC)c1)NCC(CC)(CC)CCO. The van der Waals surface area contributed by atoms with Crippen molar-refractivity contribution in [1.29, 1.82) is 0 Å². The maximum Gasteiger partial charge on any atom is 0.251 e. The number of rotatable bonds is 12. The predicted molar refractivity (Wildman–Crippen MR) is 121 cm³/mol. The van der Waals surface area contributed by atoms with Crippen LogP contribution in [0, 0.1) is 5.41 Å². The van der Waals surface area contributed by atoms with Gasteiger partial charge in [-0.25, -0.2) is 4.99 Å². The van der Waals surface area contributed by atoms with Crippen LogP contribution in [0.3, 0.4) is 0 Å². The molecule has 0 saturated heterocycles. The molecule has 0 aliphatic rings. The number of hydrogen-bond acceptors (Lipinski definition) is 3. The first-order valence-corrected chi connectivity index (χ1v) is 11.0. The highest BCUT2D eigenvalue weighted by Crippen LogP contribution is 2.29. The summed E-state index contributed by atoms with van der Waals surface area (Å²) in [5, 5.41) is 19.1. The lowest BCUT2D eigenvalue weighted by Gasteiger charge is -2.32. The maximum atomic E-state index is 12.4. The summed E-state index contributed by atoms with van der Waals surface area (Å²) in [4.78, 5) is 17.0. The fraction of sp³-hybridized carbons (Fsp3) is 0.652. The Morgan fingerprint density at radius 3 is 2.48 bits per heavy atom. The number of amides is 1. The molecule has 0 spiro atoms. The highest BCUT2D eigenvalue weighted by Gasteiger charge is 2.25. The smallest absolute Gasteiger partial charge is 0.251 e. The fourth-order valence-corrected chi connectivity index (χ4v) is 3.18. The molecule has 0 aliphatic heterocycles. The van der Waals surface area contributed by atoms with E-state index in [1.54, 1.807) is 0 Å². The third-order valence-electron chi connectivity index (χ3n) is 5.72. The van der Waals surface area contributed by atoms with Gasteiger partial charge in [-0.3, -0.25) is 4.79 Å². The second kappa shape index (κ2) is 13.2. The monoisotopic (exact) mass is 404 g/mol. The predicted octanol–water partition coefficient (Wildman–Crippen LogP) is 3.46. The molecule has 0 radical (unpaired) electrons. The highest BCUT2D eigenvalue weighted by molar-refractivity contribution is 5.94. The molecule has 0 heterocycles. The number of aliphatic imine (C=N–C) groups is 1. The number of aliphatic hydroxyl groups is 1. The summed E-state index contributed by atoms with van der Waals surface area (Å²) in [5.74, 6) is 0.709. The zero-order chi connectivity index (χ0) is 21.7. The van der Waals surface area contributed by atoms with Gasteiger partial charge >= 0.3 is 0 Å². The van der Waals surface area contributed by atoms with Crippen LogP contribution in [0.4, 0.5) is 0 Å². The van der Waals surface area contributed by atoms with E-state index in [0.29, 0.717) is 12.1 Å². The van der Waals surface area contributed by atoms with Gasteiger partial charge in [0.1, 0.15) is 0 Å². The Morgan fingerprint density at radius 2 is 1.90 bits per heavy atom. The van der Waals surface area contributed by atoms with Crippen LogP contribution in [0.2, 0.25) is 0 Å². The highest BCUT2D eigenvalue weighted by atomic mass is 16.3. The van der Waals surface area contributed by atoms with Gasteiger partial charge in [0.25, 0.3) is 5.91 Å². The molecule has 1 unspecified atom stereocenters. The summed E-state index contributed by atoms with van der Waals surface area (Å²) in [6, 6.07) is 7.78. The number of benzene rings is 1. The zero-order valence-electron chi connectivity index (χ0n) is 18.8. The van der Waals surface area contributed by atoms with E-state index in [9.17, 15) is 9.90 Å². The van der Waals surface area contributed by atoms with Crippen LogP contribution in [-0.4, -0.2) is 42.7 Å². The van der Waals surface area contributed by atoms with Gasteiger partial charge in [-0.15, -0.1) is 0 Å². The lowest BCUT2D eigenvalue weighted by atomic mass is 9.79. The Bertz CT molecular complexity index is 642. The van der Waals surface area contributed by atoms with E-state index in [2.05, 4.69) is 36.7 Å². The Balaban J connectivity index is 2.83. The minimum atomic E-state index is -0.0464. The van der Waals surface area contributed by atoms with E-state index in [0.717, 1.165) is 50.3 Å². The number of aliphatic hydroxyl groups excluding tert-OH is 1. The third kappa shape index (κ3) is 8.44. The molecule has 1 atom stereocenters. The van der Waals surface area contributed by atoms with Crippen LogP contribution >= 0.6 is 0 Å². The van der Waals surface area contributed by atoms with Gasteiger partial charge in [-0.05, 0) is 62.6 Å². The van der Waals surface area contributed by atoms with E-state index >= 15 is 0 Å². The molecule has 6 heteroatoms. The minimum absolute atomic E-state index is 0.0464. The molecule has 4 N–H and O–H groups in total. The molecule has 1 aromatic carbocycles. The normalized spacial score (nSPS) is 13.1. The lowest BCUT2D eigenvalue weighted by molar-refractivity contribution is 0.0939. The van der Waals surface area contributed by atoms with Crippen molar-refractivity contribution in [3.63, 3.8) is 0 Å². The van der Waals surface area contributed by atoms with Crippen molar-refractivity contribution in [1.82, 2.24) is 16.0 Å². The molecule has 29 heavy (non-hydrogen) atoms. The Kier molecular flexibility index (Phi) is 11.4. The van der Waals surface area contributed by atoms with Crippen molar-refractivity contribution >= 4 is 11.9 Å². The van der Waals surface area contributed by atoms with Crippen molar-refractivity contribution in [3.05, 3.63) is 35.4 Å². The molecular formula is C23H40N4O2. The summed E-state index contributed by atoms with van der Waals surface area (Å²) in [6.45, 7) is 12.7. The summed E-state index contributed by atoms with van der Waals surface area (Å²) in [7, 11) is 0. The van der Waals surface area contributed by atoms with E-state index in [1.807, 2.05) is 38.1 Å². The Labute approximate surface area is 176 Å². The van der Waals surface area contributed by atoms with Crippen molar-refractivity contribution in [3.8, 4) is 0 Å². The number of nitrogens with zero attached hydrogens (tertiary/aromatic N) is 1. The standard InChI is InChI=1S/C23H40N4O2/c1-6-18(5)27-21(29)20-12-10-11-19(15-20)16-25-22(24-9-4)26-17-23(7-2,8-3)13-14-28/h10-12,15,18,28H,6-9,13-14,16-17H2,1-5H3,(H,27,29)(H2,24,25,26). The molecule has 0 fully saturated rings. The van der Waals surface area contributed by atoms with Crippen LogP contribution in [0.15, 0.2) is 29.3 Å². The Hall–Kier alpha value is -2.08. The van der Waals surface area contributed by atoms with Gasteiger partial charge in [0.2, 0.25) is 0 Å². The molecule has 1 amide bonds. The molecule has 0 bridgehead atoms. The number of hydrogen-bond donors (Lipinski definition) is 4. The lowest BCUT2D eigenvalue weighted by Crippen LogP contribution is -2.43. The first-order valence-electron chi connectivity index (χ1n) is 11.0. The van der Waals surface area contributed by atoms with Gasteiger partial charge in [-0.2, -0.15) is 0 Å². The molecule has 6 nitrogen and oxygen atoms in total. The number of guanidine groups is 1. The zero-order valence-corrected chi connectivity index (χ0v) is 18.8. The first-order chi connectivity index (χ1) is 13.9. The second-order valence-corrected chi connectivity index (χ2v) is 7.71. The third-order valence-corrected chi connectivity index (χ3v) is 5.72. The van der Waals surface area contributed by atoms with Crippen LogP contribution in [0.1, 0.15) is 76.2 Å². The average Bonchev–Trinajstić information content (AvgIpc) is 2.74. The van der Waals surface area contributed by atoms with Crippen molar-refractivity contribution in [2.45, 2.75) is 72.9 Å². The largest absolute Gasteiger partial charge is 0.396 e. The summed E-state index contributed by atoms with van der Waals surface area (Å²) in [5.41, 5.74) is 1.72. The van der Waals surface area contributed by atoms with Gasteiger partial charge in [0.15, 0.2) is 5.96 Å². The van der Waals surface area contributed by atoms with Gasteiger partial charge in [0, 0.05) is 31.3 Å². The minimum Gasteiger partial charge on any atom is -0.396 e. The topological polar surface area (TPSA) is 85.8 Å². The fourth-order valence-electron chi connectivity index (χ4n) is 3.18. The van der Waals surface area contributed by atoms with Gasteiger partial charge in [0.05, 0.1) is 6.54 Å². The average molecular weight is 405 g/mol. The maximum absolute atomic E-state index is 12.4. The number of carbonyl (C=O) groups excluding carboxylic acids is 1. The van der Waals surface area contributed by atoms with E-state index in [1.165, 1.54) is 0 Å². The second-order valence-electron chi connectivity index (χ2n) is 7.71. The quantitative estimate of drug-likeness (QED) is 0.317. The summed E-state index contributed by atoms with van der Waals surface area (Å²) in [6.07, 6.45) is 3.69. The number of nitrogens with one attached hydrogen (secondary N) is 3.